The molecule has 0 spiro atoms. The molecule has 22 heavy (non-hydrogen) atoms. The maximum Gasteiger partial charge on any atom is 0.160 e. The normalized spacial score (nSPS) is 31.0. The molecule has 2 aliphatic rings. The Balaban J connectivity index is 1.77. The van der Waals surface area contributed by atoms with Gasteiger partial charge in [-0.15, -0.1) is 0 Å². The zero-order valence-electron chi connectivity index (χ0n) is 14.3. The molecule has 0 amide bonds. The Kier molecular flexibility index (Phi) is 4.38. The zero-order chi connectivity index (χ0) is 15.7. The van der Waals surface area contributed by atoms with Gasteiger partial charge in [-0.25, -0.2) is 0 Å². The average Bonchev–Trinajstić information content (AvgIpc) is 2.84. The van der Waals surface area contributed by atoms with Crippen molar-refractivity contribution in [3.8, 4) is 11.5 Å². The summed E-state index contributed by atoms with van der Waals surface area (Å²) in [6.07, 6.45) is 10.4. The van der Waals surface area contributed by atoms with Gasteiger partial charge in [-0.05, 0) is 79.0 Å². The first-order chi connectivity index (χ1) is 10.5. The molecule has 0 heterocycles. The topological polar surface area (TPSA) is 29.5 Å². The first-order valence-electron chi connectivity index (χ1n) is 8.93. The molecular weight excluding hydrogens is 272 g/mol. The van der Waals surface area contributed by atoms with Crippen LogP contribution in [0.1, 0.15) is 75.8 Å². The van der Waals surface area contributed by atoms with Crippen LogP contribution >= 0.6 is 0 Å². The summed E-state index contributed by atoms with van der Waals surface area (Å²) in [6, 6.07) is 4.02. The molecule has 0 aliphatic heterocycles. The molecule has 2 nitrogen and oxygen atoms in total. The smallest absolute Gasteiger partial charge is 0.160 e. The molecule has 1 aromatic carbocycles. The lowest BCUT2D eigenvalue weighted by molar-refractivity contribution is 0.211. The number of aromatic hydroxyl groups is 1. The minimum absolute atomic E-state index is 0.290. The Bertz CT molecular complexity index is 537. The third-order valence-electron chi connectivity index (χ3n) is 6.52. The Morgan fingerprint density at radius 1 is 1.27 bits per heavy atom. The van der Waals surface area contributed by atoms with E-state index in [-0.39, 0.29) is 0 Å². The highest BCUT2D eigenvalue weighted by atomic mass is 16.5. The van der Waals surface area contributed by atoms with Gasteiger partial charge in [0.25, 0.3) is 0 Å². The predicted octanol–water partition coefficient (Wildman–Crippen LogP) is 5.43. The first kappa shape index (κ1) is 15.7. The monoisotopic (exact) mass is 302 g/mol. The number of rotatable bonds is 4. The number of hydrogen-bond donors (Lipinski definition) is 1. The molecule has 1 N–H and O–H groups in total. The van der Waals surface area contributed by atoms with Crippen molar-refractivity contribution in [3.05, 3.63) is 23.3 Å². The zero-order valence-corrected chi connectivity index (χ0v) is 14.3. The van der Waals surface area contributed by atoms with Gasteiger partial charge >= 0.3 is 0 Å². The number of phenolic OH excluding ortho intramolecular Hbond substituents is 1. The molecule has 3 unspecified atom stereocenters. The standard InChI is InChI=1S/C20H30O2/c1-14-6-5-10-20(14,2)11-9-15-7-4-8-16-12-18(21)19(22-3)13-17(15)16/h12-15,21H,4-11H2,1-3H3. The highest BCUT2D eigenvalue weighted by molar-refractivity contribution is 5.48. The van der Waals surface area contributed by atoms with E-state index in [2.05, 4.69) is 19.9 Å². The number of aryl methyl sites for hydroxylation is 1. The Labute approximate surface area is 134 Å². The summed E-state index contributed by atoms with van der Waals surface area (Å²) < 4.78 is 5.32. The third-order valence-corrected chi connectivity index (χ3v) is 6.52. The van der Waals surface area contributed by atoms with Gasteiger partial charge < -0.3 is 9.84 Å². The molecule has 122 valence electrons. The fourth-order valence-corrected chi connectivity index (χ4v) is 4.66. The van der Waals surface area contributed by atoms with Crippen LogP contribution in [0, 0.1) is 11.3 Å². The van der Waals surface area contributed by atoms with Gasteiger partial charge in [-0.1, -0.05) is 26.7 Å². The average molecular weight is 302 g/mol. The van der Waals surface area contributed by atoms with Crippen LogP contribution in [0.2, 0.25) is 0 Å². The second-order valence-corrected chi connectivity index (χ2v) is 7.80. The van der Waals surface area contributed by atoms with E-state index < -0.39 is 0 Å². The van der Waals surface area contributed by atoms with Crippen LogP contribution in [-0.2, 0) is 6.42 Å². The minimum atomic E-state index is 0.290. The van der Waals surface area contributed by atoms with Gasteiger partial charge in [0.05, 0.1) is 7.11 Å². The summed E-state index contributed by atoms with van der Waals surface area (Å²) in [5.74, 6) is 2.43. The maximum absolute atomic E-state index is 10.0. The summed E-state index contributed by atoms with van der Waals surface area (Å²) in [7, 11) is 1.64. The fourth-order valence-electron chi connectivity index (χ4n) is 4.66. The van der Waals surface area contributed by atoms with Crippen LogP contribution in [0.4, 0.5) is 0 Å². The summed E-state index contributed by atoms with van der Waals surface area (Å²) >= 11 is 0. The van der Waals surface area contributed by atoms with Crippen molar-refractivity contribution in [1.82, 2.24) is 0 Å². The van der Waals surface area contributed by atoms with E-state index in [1.165, 1.54) is 56.1 Å². The van der Waals surface area contributed by atoms with Crippen molar-refractivity contribution in [2.75, 3.05) is 7.11 Å². The quantitative estimate of drug-likeness (QED) is 0.804. The molecule has 0 saturated heterocycles. The van der Waals surface area contributed by atoms with E-state index in [1.54, 1.807) is 7.11 Å². The molecule has 2 heteroatoms. The van der Waals surface area contributed by atoms with E-state index in [0.717, 1.165) is 12.3 Å². The SMILES string of the molecule is COc1cc2c(cc1O)CCCC2CCC1(C)CCCC1C. The summed E-state index contributed by atoms with van der Waals surface area (Å²) in [4.78, 5) is 0. The molecule has 1 saturated carbocycles. The second-order valence-electron chi connectivity index (χ2n) is 7.80. The van der Waals surface area contributed by atoms with Crippen LogP contribution in [0.25, 0.3) is 0 Å². The van der Waals surface area contributed by atoms with Gasteiger partial charge in [-0.3, -0.25) is 0 Å². The number of methoxy groups -OCH3 is 1. The summed E-state index contributed by atoms with van der Waals surface area (Å²) in [6.45, 7) is 4.93. The molecule has 1 aromatic rings. The van der Waals surface area contributed by atoms with Crippen LogP contribution in [0.15, 0.2) is 12.1 Å². The number of phenols is 1. The van der Waals surface area contributed by atoms with Crippen molar-refractivity contribution in [2.24, 2.45) is 11.3 Å². The Morgan fingerprint density at radius 2 is 2.09 bits per heavy atom. The summed E-state index contributed by atoms with van der Waals surface area (Å²) in [5.41, 5.74) is 3.30. The van der Waals surface area contributed by atoms with Gasteiger partial charge in [0, 0.05) is 0 Å². The number of hydrogen-bond acceptors (Lipinski definition) is 2. The van der Waals surface area contributed by atoms with E-state index in [0.29, 0.717) is 22.8 Å². The molecule has 3 atom stereocenters. The summed E-state index contributed by atoms with van der Waals surface area (Å²) in [5, 5.41) is 10.0. The van der Waals surface area contributed by atoms with E-state index in [9.17, 15) is 5.11 Å². The van der Waals surface area contributed by atoms with Gasteiger partial charge in [0.15, 0.2) is 11.5 Å². The Hall–Kier alpha value is -1.18. The largest absolute Gasteiger partial charge is 0.504 e. The van der Waals surface area contributed by atoms with Crippen molar-refractivity contribution >= 4 is 0 Å². The van der Waals surface area contributed by atoms with E-state index >= 15 is 0 Å². The lowest BCUT2D eigenvalue weighted by Crippen LogP contribution is -2.21. The molecule has 3 rings (SSSR count). The van der Waals surface area contributed by atoms with Crippen LogP contribution in [-0.4, -0.2) is 12.2 Å². The third kappa shape index (κ3) is 2.85. The molecule has 0 radical (unpaired) electrons. The Morgan fingerprint density at radius 3 is 2.77 bits per heavy atom. The van der Waals surface area contributed by atoms with Crippen molar-refractivity contribution in [1.29, 1.82) is 0 Å². The van der Waals surface area contributed by atoms with Crippen LogP contribution < -0.4 is 4.74 Å². The van der Waals surface area contributed by atoms with Crippen molar-refractivity contribution in [3.63, 3.8) is 0 Å². The maximum atomic E-state index is 10.0. The fraction of sp³-hybridized carbons (Fsp3) is 0.700. The van der Waals surface area contributed by atoms with Crippen molar-refractivity contribution in [2.45, 2.75) is 71.1 Å². The van der Waals surface area contributed by atoms with Crippen LogP contribution in [0.3, 0.4) is 0 Å². The second kappa shape index (κ2) is 6.14. The molecule has 0 bridgehead atoms. The highest BCUT2D eigenvalue weighted by Crippen LogP contribution is 2.49. The van der Waals surface area contributed by atoms with Crippen LogP contribution in [0.5, 0.6) is 11.5 Å². The lowest BCUT2D eigenvalue weighted by atomic mass is 9.72. The molecule has 2 aliphatic carbocycles. The molecule has 0 aromatic heterocycles. The number of fused-ring (bicyclic) bond motifs is 1. The van der Waals surface area contributed by atoms with Gasteiger partial charge in [-0.2, -0.15) is 0 Å². The number of benzene rings is 1. The lowest BCUT2D eigenvalue weighted by Gasteiger charge is -2.33. The molecule has 1 fully saturated rings. The minimum Gasteiger partial charge on any atom is -0.504 e. The van der Waals surface area contributed by atoms with E-state index in [1.807, 2.05) is 6.07 Å². The van der Waals surface area contributed by atoms with Gasteiger partial charge in [0.2, 0.25) is 0 Å². The first-order valence-corrected chi connectivity index (χ1v) is 8.93. The number of ether oxygens (including phenoxy) is 1. The van der Waals surface area contributed by atoms with Gasteiger partial charge in [0.1, 0.15) is 0 Å². The van der Waals surface area contributed by atoms with Crippen molar-refractivity contribution < 1.29 is 9.84 Å². The highest BCUT2D eigenvalue weighted by Gasteiger charge is 2.36. The predicted molar refractivity (Wildman–Crippen MR) is 90.7 cm³/mol. The molecular formula is C20H30O2. The van der Waals surface area contributed by atoms with E-state index in [4.69, 9.17) is 4.74 Å².